The lowest BCUT2D eigenvalue weighted by Gasteiger charge is -2.04. The predicted octanol–water partition coefficient (Wildman–Crippen LogP) is 2.62. The van der Waals surface area contributed by atoms with Crippen molar-refractivity contribution in [2.45, 2.75) is 0 Å². The van der Waals surface area contributed by atoms with Crippen LogP contribution in [0.1, 0.15) is 15.9 Å². The standard InChI is InChI=1S/C16H13Cl2N3O3/c17-13-6-1-10(7-14(13)18)8-20-21-16(23)11-2-4-12(5-3-11)24-9-15(19)22/h1-8H,9H2,(H2,19,22)(H,21,23)/b20-8+. The predicted molar refractivity (Wildman–Crippen MR) is 92.7 cm³/mol. The molecule has 0 bridgehead atoms. The number of ether oxygens (including phenoxy) is 1. The number of rotatable bonds is 6. The van der Waals surface area contributed by atoms with E-state index in [4.69, 9.17) is 33.7 Å². The number of carbonyl (C=O) groups is 2. The second-order valence-electron chi connectivity index (χ2n) is 4.65. The molecule has 2 amide bonds. The largest absolute Gasteiger partial charge is 0.484 e. The van der Waals surface area contributed by atoms with Gasteiger partial charge in [0.25, 0.3) is 11.8 Å². The molecule has 2 aromatic carbocycles. The van der Waals surface area contributed by atoms with Crippen molar-refractivity contribution in [3.05, 3.63) is 63.6 Å². The van der Waals surface area contributed by atoms with Crippen LogP contribution in [-0.2, 0) is 4.79 Å². The van der Waals surface area contributed by atoms with Crippen molar-refractivity contribution >= 4 is 41.2 Å². The van der Waals surface area contributed by atoms with Crippen molar-refractivity contribution < 1.29 is 14.3 Å². The van der Waals surface area contributed by atoms with Gasteiger partial charge < -0.3 is 10.5 Å². The first-order chi connectivity index (χ1) is 11.5. The second kappa shape index (κ2) is 8.33. The molecular formula is C16H13Cl2N3O3. The van der Waals surface area contributed by atoms with Gasteiger partial charge in [-0.15, -0.1) is 0 Å². The Hall–Kier alpha value is -2.57. The smallest absolute Gasteiger partial charge is 0.271 e. The minimum absolute atomic E-state index is 0.223. The van der Waals surface area contributed by atoms with E-state index in [1.165, 1.54) is 6.21 Å². The van der Waals surface area contributed by atoms with Crippen molar-refractivity contribution in [1.82, 2.24) is 5.43 Å². The molecule has 0 atom stereocenters. The zero-order chi connectivity index (χ0) is 17.5. The van der Waals surface area contributed by atoms with Crippen LogP contribution < -0.4 is 15.9 Å². The SMILES string of the molecule is NC(=O)COc1ccc(C(=O)N/N=C/c2ccc(Cl)c(Cl)c2)cc1. The molecule has 3 N–H and O–H groups in total. The fourth-order valence-electron chi connectivity index (χ4n) is 1.68. The van der Waals surface area contributed by atoms with Gasteiger partial charge in [-0.05, 0) is 42.0 Å². The number of hydrogen-bond acceptors (Lipinski definition) is 4. The quantitative estimate of drug-likeness (QED) is 0.608. The number of nitrogens with two attached hydrogens (primary N) is 1. The fourth-order valence-corrected chi connectivity index (χ4v) is 1.99. The summed E-state index contributed by atoms with van der Waals surface area (Å²) >= 11 is 11.7. The summed E-state index contributed by atoms with van der Waals surface area (Å²) in [6, 6.07) is 11.2. The number of halogens is 2. The third-order valence-electron chi connectivity index (χ3n) is 2.82. The number of nitrogens with one attached hydrogen (secondary N) is 1. The molecule has 124 valence electrons. The molecular weight excluding hydrogens is 353 g/mol. The van der Waals surface area contributed by atoms with Crippen LogP contribution in [0.2, 0.25) is 10.0 Å². The second-order valence-corrected chi connectivity index (χ2v) is 5.47. The molecule has 2 rings (SSSR count). The van der Waals surface area contributed by atoms with E-state index in [1.54, 1.807) is 42.5 Å². The molecule has 0 saturated carbocycles. The number of hydrazone groups is 1. The van der Waals surface area contributed by atoms with Gasteiger partial charge in [0.05, 0.1) is 16.3 Å². The Bertz CT molecular complexity index is 777. The number of benzene rings is 2. The van der Waals surface area contributed by atoms with Crippen LogP contribution in [0, 0.1) is 0 Å². The summed E-state index contributed by atoms with van der Waals surface area (Å²) in [5, 5.41) is 4.69. The molecule has 0 aliphatic carbocycles. The van der Waals surface area contributed by atoms with Crippen LogP contribution in [0.25, 0.3) is 0 Å². The molecule has 6 nitrogen and oxygen atoms in total. The van der Waals surface area contributed by atoms with Gasteiger partial charge in [0.15, 0.2) is 6.61 Å². The Morgan fingerprint density at radius 3 is 2.46 bits per heavy atom. The van der Waals surface area contributed by atoms with E-state index in [-0.39, 0.29) is 6.61 Å². The maximum Gasteiger partial charge on any atom is 0.271 e. The Morgan fingerprint density at radius 1 is 1.12 bits per heavy atom. The van der Waals surface area contributed by atoms with Gasteiger partial charge in [0, 0.05) is 5.56 Å². The minimum Gasteiger partial charge on any atom is -0.484 e. The summed E-state index contributed by atoms with van der Waals surface area (Å²) in [5.74, 6) is -0.536. The number of carbonyl (C=O) groups excluding carboxylic acids is 2. The van der Waals surface area contributed by atoms with Gasteiger partial charge in [-0.2, -0.15) is 5.10 Å². The van der Waals surface area contributed by atoms with Crippen LogP contribution in [0.5, 0.6) is 5.75 Å². The van der Waals surface area contributed by atoms with Crippen molar-refractivity contribution in [2.24, 2.45) is 10.8 Å². The molecule has 0 aliphatic heterocycles. The first kappa shape index (κ1) is 17.8. The van der Waals surface area contributed by atoms with E-state index in [1.807, 2.05) is 0 Å². The average Bonchev–Trinajstić information content (AvgIpc) is 2.56. The molecule has 8 heteroatoms. The maximum atomic E-state index is 11.9. The highest BCUT2D eigenvalue weighted by molar-refractivity contribution is 6.42. The summed E-state index contributed by atoms with van der Waals surface area (Å²) in [7, 11) is 0. The maximum absolute atomic E-state index is 11.9. The summed E-state index contributed by atoms with van der Waals surface area (Å²) < 4.78 is 5.10. The van der Waals surface area contributed by atoms with Crippen LogP contribution in [0.3, 0.4) is 0 Å². The highest BCUT2D eigenvalue weighted by Crippen LogP contribution is 2.21. The van der Waals surface area contributed by atoms with E-state index in [0.29, 0.717) is 26.9 Å². The van der Waals surface area contributed by atoms with E-state index < -0.39 is 11.8 Å². The monoisotopic (exact) mass is 365 g/mol. The third kappa shape index (κ3) is 5.26. The molecule has 0 aliphatic rings. The summed E-state index contributed by atoms with van der Waals surface area (Å²) in [6.45, 7) is -0.223. The number of amides is 2. The van der Waals surface area contributed by atoms with Crippen molar-refractivity contribution in [1.29, 1.82) is 0 Å². The molecule has 0 saturated heterocycles. The van der Waals surface area contributed by atoms with Gasteiger partial charge in [-0.1, -0.05) is 29.3 Å². The zero-order valence-electron chi connectivity index (χ0n) is 12.3. The van der Waals surface area contributed by atoms with Gasteiger partial charge in [-0.3, -0.25) is 9.59 Å². The Morgan fingerprint density at radius 2 is 1.83 bits per heavy atom. The van der Waals surface area contributed by atoms with Crippen LogP contribution in [0.15, 0.2) is 47.6 Å². The molecule has 0 heterocycles. The summed E-state index contributed by atoms with van der Waals surface area (Å²) in [5.41, 5.74) is 8.45. The summed E-state index contributed by atoms with van der Waals surface area (Å²) in [4.78, 5) is 22.6. The first-order valence-corrected chi connectivity index (χ1v) is 7.51. The van der Waals surface area contributed by atoms with Gasteiger partial charge in [0.2, 0.25) is 0 Å². The number of hydrogen-bond donors (Lipinski definition) is 2. The molecule has 2 aromatic rings. The first-order valence-electron chi connectivity index (χ1n) is 6.75. The normalized spacial score (nSPS) is 10.6. The Balaban J connectivity index is 1.93. The molecule has 24 heavy (non-hydrogen) atoms. The molecule has 0 aromatic heterocycles. The molecule has 0 radical (unpaired) electrons. The van der Waals surface area contributed by atoms with Gasteiger partial charge in [0.1, 0.15) is 5.75 Å². The Labute approximate surface area is 148 Å². The van der Waals surface area contributed by atoms with Crippen molar-refractivity contribution in [2.75, 3.05) is 6.61 Å². The molecule has 0 spiro atoms. The summed E-state index contributed by atoms with van der Waals surface area (Å²) in [6.07, 6.45) is 1.45. The fraction of sp³-hybridized carbons (Fsp3) is 0.0625. The van der Waals surface area contributed by atoms with Crippen molar-refractivity contribution in [3.63, 3.8) is 0 Å². The lowest BCUT2D eigenvalue weighted by molar-refractivity contribution is -0.119. The number of nitrogens with zero attached hydrogens (tertiary/aromatic N) is 1. The van der Waals surface area contributed by atoms with Crippen LogP contribution in [0.4, 0.5) is 0 Å². The number of primary amides is 1. The molecule has 0 unspecified atom stereocenters. The highest BCUT2D eigenvalue weighted by Gasteiger charge is 2.05. The van der Waals surface area contributed by atoms with E-state index in [0.717, 1.165) is 0 Å². The third-order valence-corrected chi connectivity index (χ3v) is 3.56. The average molecular weight is 366 g/mol. The van der Waals surface area contributed by atoms with Crippen LogP contribution in [-0.4, -0.2) is 24.6 Å². The van der Waals surface area contributed by atoms with Gasteiger partial charge in [-0.25, -0.2) is 5.43 Å². The van der Waals surface area contributed by atoms with Crippen molar-refractivity contribution in [3.8, 4) is 5.75 Å². The topological polar surface area (TPSA) is 93.8 Å². The van der Waals surface area contributed by atoms with E-state index in [2.05, 4.69) is 10.5 Å². The highest BCUT2D eigenvalue weighted by atomic mass is 35.5. The Kier molecular flexibility index (Phi) is 6.17. The lowest BCUT2D eigenvalue weighted by atomic mass is 10.2. The van der Waals surface area contributed by atoms with Gasteiger partial charge >= 0.3 is 0 Å². The zero-order valence-corrected chi connectivity index (χ0v) is 13.8. The molecule has 0 fully saturated rings. The van der Waals surface area contributed by atoms with E-state index in [9.17, 15) is 9.59 Å². The van der Waals surface area contributed by atoms with E-state index >= 15 is 0 Å². The lowest BCUT2D eigenvalue weighted by Crippen LogP contribution is -2.20. The minimum atomic E-state index is -0.576. The van der Waals surface area contributed by atoms with Crippen LogP contribution >= 0.6 is 23.2 Å².